The summed E-state index contributed by atoms with van der Waals surface area (Å²) in [5.74, 6) is 0.178. The molecule has 112 valence electrons. The summed E-state index contributed by atoms with van der Waals surface area (Å²) in [5, 5.41) is 0. The van der Waals surface area contributed by atoms with E-state index >= 15 is 0 Å². The van der Waals surface area contributed by atoms with Gasteiger partial charge in [0.15, 0.2) is 0 Å². The number of aromatic nitrogens is 5. The van der Waals surface area contributed by atoms with Crippen LogP contribution >= 0.6 is 0 Å². The maximum Gasteiger partial charge on any atom is 0.248 e. The number of carbonyl (C=O) groups is 1. The van der Waals surface area contributed by atoms with Gasteiger partial charge in [-0.05, 0) is 24.3 Å². The fourth-order valence-electron chi connectivity index (χ4n) is 2.44. The zero-order valence-electron chi connectivity index (χ0n) is 12.0. The lowest BCUT2D eigenvalue weighted by Crippen LogP contribution is -2.10. The summed E-state index contributed by atoms with van der Waals surface area (Å²) >= 11 is 0. The van der Waals surface area contributed by atoms with Gasteiger partial charge in [0.05, 0.1) is 22.4 Å². The van der Waals surface area contributed by atoms with Crippen LogP contribution in [0, 0.1) is 0 Å². The maximum absolute atomic E-state index is 11.2. The van der Waals surface area contributed by atoms with E-state index in [4.69, 9.17) is 5.73 Å². The monoisotopic (exact) mass is 304 g/mol. The van der Waals surface area contributed by atoms with Crippen molar-refractivity contribution in [3.05, 3.63) is 66.0 Å². The lowest BCUT2D eigenvalue weighted by molar-refractivity contribution is 0.100. The predicted molar refractivity (Wildman–Crippen MR) is 83.8 cm³/mol. The first-order valence-corrected chi connectivity index (χ1v) is 7.03. The Hall–Kier alpha value is -3.35. The van der Waals surface area contributed by atoms with Gasteiger partial charge in [-0.2, -0.15) is 0 Å². The molecule has 3 heterocycles. The quantitative estimate of drug-likeness (QED) is 0.616. The van der Waals surface area contributed by atoms with E-state index in [1.54, 1.807) is 30.6 Å². The van der Waals surface area contributed by atoms with Crippen molar-refractivity contribution < 1.29 is 4.79 Å². The first-order valence-electron chi connectivity index (χ1n) is 7.03. The second-order valence-electron chi connectivity index (χ2n) is 5.17. The normalized spacial score (nSPS) is 11.1. The molecule has 0 aliphatic heterocycles. The van der Waals surface area contributed by atoms with Gasteiger partial charge in [0, 0.05) is 36.8 Å². The molecule has 0 saturated carbocycles. The summed E-state index contributed by atoms with van der Waals surface area (Å²) in [6, 6.07) is 6.89. The Morgan fingerprint density at radius 1 is 1.13 bits per heavy atom. The Labute approximate surface area is 130 Å². The van der Waals surface area contributed by atoms with Crippen LogP contribution in [0.25, 0.3) is 16.8 Å². The molecule has 3 aromatic heterocycles. The molecule has 1 amide bonds. The highest BCUT2D eigenvalue weighted by molar-refractivity contribution is 5.96. The van der Waals surface area contributed by atoms with Gasteiger partial charge in [0.1, 0.15) is 0 Å². The third kappa shape index (κ3) is 2.48. The molecule has 0 fully saturated rings. The third-order valence-electron chi connectivity index (χ3n) is 3.52. The molecule has 0 unspecified atom stereocenters. The van der Waals surface area contributed by atoms with Crippen molar-refractivity contribution in [2.75, 3.05) is 0 Å². The van der Waals surface area contributed by atoms with E-state index in [2.05, 4.69) is 19.9 Å². The Balaban J connectivity index is 1.68. The average molecular weight is 304 g/mol. The maximum atomic E-state index is 11.2. The van der Waals surface area contributed by atoms with E-state index in [9.17, 15) is 4.79 Å². The van der Waals surface area contributed by atoms with Gasteiger partial charge in [-0.3, -0.25) is 14.2 Å². The average Bonchev–Trinajstić information content (AvgIpc) is 2.96. The van der Waals surface area contributed by atoms with Crippen LogP contribution in [0.2, 0.25) is 0 Å². The standard InChI is InChI=1S/C16H12N6O/c17-15(23)10-2-3-13-14(6-10)19-8-11(20-13)7-12-9-22-5-1-4-18-16(22)21-12/h1-6,8-9H,7H2,(H2,17,23). The second-order valence-corrected chi connectivity index (χ2v) is 5.17. The topological polar surface area (TPSA) is 99.1 Å². The van der Waals surface area contributed by atoms with Crippen LogP contribution in [0.4, 0.5) is 0 Å². The molecule has 7 nitrogen and oxygen atoms in total. The minimum atomic E-state index is -0.477. The smallest absolute Gasteiger partial charge is 0.248 e. The Bertz CT molecular complexity index is 1010. The zero-order valence-corrected chi connectivity index (χ0v) is 12.0. The number of benzene rings is 1. The highest BCUT2D eigenvalue weighted by atomic mass is 16.1. The van der Waals surface area contributed by atoms with Gasteiger partial charge < -0.3 is 5.73 Å². The molecule has 1 aromatic carbocycles. The molecule has 0 spiro atoms. The summed E-state index contributed by atoms with van der Waals surface area (Å²) in [5.41, 5.74) is 8.72. The van der Waals surface area contributed by atoms with Crippen molar-refractivity contribution in [2.24, 2.45) is 5.73 Å². The molecule has 0 atom stereocenters. The molecule has 0 saturated heterocycles. The van der Waals surface area contributed by atoms with Crippen molar-refractivity contribution >= 4 is 22.7 Å². The lowest BCUT2D eigenvalue weighted by atomic mass is 10.1. The number of carbonyl (C=O) groups excluding carboxylic acids is 1. The molecule has 23 heavy (non-hydrogen) atoms. The first kappa shape index (κ1) is 13.3. The van der Waals surface area contributed by atoms with Crippen LogP contribution in [0.5, 0.6) is 0 Å². The van der Waals surface area contributed by atoms with Crippen LogP contribution in [0.15, 0.2) is 49.1 Å². The van der Waals surface area contributed by atoms with Crippen molar-refractivity contribution in [1.29, 1.82) is 0 Å². The summed E-state index contributed by atoms with van der Waals surface area (Å²) in [6.07, 6.45) is 7.77. The second kappa shape index (κ2) is 5.13. The number of primary amides is 1. The van der Waals surface area contributed by atoms with Crippen molar-refractivity contribution in [3.63, 3.8) is 0 Å². The van der Waals surface area contributed by atoms with Crippen molar-refractivity contribution in [3.8, 4) is 0 Å². The van der Waals surface area contributed by atoms with Crippen LogP contribution < -0.4 is 5.73 Å². The molecular formula is C16H12N6O. The number of nitrogens with two attached hydrogens (primary N) is 1. The Kier molecular flexibility index (Phi) is 2.97. The zero-order chi connectivity index (χ0) is 15.8. The van der Waals surface area contributed by atoms with E-state index in [1.807, 2.05) is 22.9 Å². The number of nitrogens with zero attached hydrogens (tertiary/aromatic N) is 5. The highest BCUT2D eigenvalue weighted by Crippen LogP contribution is 2.14. The van der Waals surface area contributed by atoms with Crippen LogP contribution in [0.3, 0.4) is 0 Å². The van der Waals surface area contributed by atoms with E-state index < -0.39 is 5.91 Å². The summed E-state index contributed by atoms with van der Waals surface area (Å²) in [7, 11) is 0. The predicted octanol–water partition coefficient (Wildman–Crippen LogP) is 1.36. The van der Waals surface area contributed by atoms with E-state index in [0.29, 0.717) is 23.3 Å². The minimum Gasteiger partial charge on any atom is -0.366 e. The van der Waals surface area contributed by atoms with Gasteiger partial charge in [-0.15, -0.1) is 0 Å². The van der Waals surface area contributed by atoms with Crippen LogP contribution in [0.1, 0.15) is 21.7 Å². The number of hydrogen-bond acceptors (Lipinski definition) is 5. The summed E-state index contributed by atoms with van der Waals surface area (Å²) in [6.45, 7) is 0. The van der Waals surface area contributed by atoms with Gasteiger partial charge in [-0.1, -0.05) is 0 Å². The molecule has 0 aliphatic carbocycles. The molecule has 0 bridgehead atoms. The highest BCUT2D eigenvalue weighted by Gasteiger charge is 2.07. The number of rotatable bonds is 3. The van der Waals surface area contributed by atoms with E-state index in [1.165, 1.54) is 0 Å². The Morgan fingerprint density at radius 3 is 2.87 bits per heavy atom. The molecule has 4 aromatic rings. The number of amides is 1. The molecule has 4 rings (SSSR count). The van der Waals surface area contributed by atoms with E-state index in [0.717, 1.165) is 16.9 Å². The summed E-state index contributed by atoms with van der Waals surface area (Å²) in [4.78, 5) is 28.7. The molecule has 2 N–H and O–H groups in total. The fourth-order valence-corrected chi connectivity index (χ4v) is 2.44. The number of fused-ring (bicyclic) bond motifs is 2. The van der Waals surface area contributed by atoms with Gasteiger partial charge in [0.25, 0.3) is 0 Å². The lowest BCUT2D eigenvalue weighted by Gasteiger charge is -2.02. The van der Waals surface area contributed by atoms with E-state index in [-0.39, 0.29) is 0 Å². The first-order chi connectivity index (χ1) is 11.2. The van der Waals surface area contributed by atoms with Crippen molar-refractivity contribution in [1.82, 2.24) is 24.3 Å². The fraction of sp³-hybridized carbons (Fsp3) is 0.0625. The molecular weight excluding hydrogens is 292 g/mol. The van der Waals surface area contributed by atoms with Crippen LogP contribution in [-0.2, 0) is 6.42 Å². The van der Waals surface area contributed by atoms with Gasteiger partial charge in [-0.25, -0.2) is 15.0 Å². The molecule has 7 heteroatoms. The van der Waals surface area contributed by atoms with Crippen LogP contribution in [-0.4, -0.2) is 30.2 Å². The largest absolute Gasteiger partial charge is 0.366 e. The summed E-state index contributed by atoms with van der Waals surface area (Å²) < 4.78 is 1.86. The number of hydrogen-bond donors (Lipinski definition) is 1. The minimum absolute atomic E-state index is 0.422. The number of imidazole rings is 1. The third-order valence-corrected chi connectivity index (χ3v) is 3.52. The van der Waals surface area contributed by atoms with Gasteiger partial charge >= 0.3 is 0 Å². The van der Waals surface area contributed by atoms with Gasteiger partial charge in [0.2, 0.25) is 11.7 Å². The molecule has 0 aliphatic rings. The molecule has 0 radical (unpaired) electrons. The Morgan fingerprint density at radius 2 is 2.04 bits per heavy atom. The SMILES string of the molecule is NC(=O)c1ccc2nc(Cc3cn4cccnc4n3)cnc2c1. The van der Waals surface area contributed by atoms with Crippen molar-refractivity contribution in [2.45, 2.75) is 6.42 Å².